The smallest absolute Gasteiger partial charge is 0.344 e. The summed E-state index contributed by atoms with van der Waals surface area (Å²) in [5.74, 6) is -3.02. The van der Waals surface area contributed by atoms with Crippen molar-refractivity contribution in [3.05, 3.63) is 62.8 Å². The van der Waals surface area contributed by atoms with Crippen LogP contribution in [-0.2, 0) is 9.53 Å². The number of benzene rings is 1. The molecule has 0 fully saturated rings. The second kappa shape index (κ2) is 8.32. The lowest BCUT2D eigenvalue weighted by atomic mass is 10.1. The van der Waals surface area contributed by atoms with Crippen LogP contribution in [0, 0.1) is 12.7 Å². The van der Waals surface area contributed by atoms with E-state index in [2.05, 4.69) is 10.5 Å². The van der Waals surface area contributed by atoms with Gasteiger partial charge in [-0.25, -0.2) is 9.18 Å². The molecule has 1 N–H and O–H groups in total. The molecule has 2 amide bonds. The molecule has 0 aliphatic rings. The second-order valence-electron chi connectivity index (χ2n) is 5.49. The number of ether oxygens (including phenoxy) is 1. The van der Waals surface area contributed by atoms with E-state index in [1.807, 2.05) is 0 Å². The van der Waals surface area contributed by atoms with Gasteiger partial charge in [-0.15, -0.1) is 11.3 Å². The molecular weight excluding hydrogens is 411 g/mol. The lowest BCUT2D eigenvalue weighted by Gasteiger charge is -2.07. The minimum absolute atomic E-state index is 0.0293. The molecular formula is C18H12ClFN2O5S. The van der Waals surface area contributed by atoms with Gasteiger partial charge in [-0.05, 0) is 30.5 Å². The van der Waals surface area contributed by atoms with Gasteiger partial charge >= 0.3 is 5.97 Å². The fourth-order valence-corrected chi connectivity index (χ4v) is 3.21. The molecule has 0 saturated carbocycles. The zero-order chi connectivity index (χ0) is 20.3. The average Bonchev–Trinajstić information content (AvgIpc) is 3.30. The lowest BCUT2D eigenvalue weighted by molar-refractivity contribution is -0.123. The number of hydrogen-bond acceptors (Lipinski definition) is 7. The Kier molecular flexibility index (Phi) is 5.86. The Morgan fingerprint density at radius 1 is 1.29 bits per heavy atom. The molecule has 7 nitrogen and oxygen atoms in total. The Morgan fingerprint density at radius 2 is 2.07 bits per heavy atom. The first-order valence-electron chi connectivity index (χ1n) is 7.84. The van der Waals surface area contributed by atoms with Crippen LogP contribution in [0.3, 0.4) is 0 Å². The maximum Gasteiger partial charge on any atom is 0.344 e. The largest absolute Gasteiger partial charge is 0.452 e. The predicted molar refractivity (Wildman–Crippen MR) is 98.7 cm³/mol. The molecule has 3 aromatic rings. The maximum absolute atomic E-state index is 14.2. The summed E-state index contributed by atoms with van der Waals surface area (Å²) in [5.41, 5.74) is -0.421. The SMILES string of the molecule is Cc1onc(-c2c(F)cccc2Cl)c1C(=O)OCC(=O)NC(=O)c1cccs1. The highest BCUT2D eigenvalue weighted by atomic mass is 35.5. The highest BCUT2D eigenvalue weighted by Gasteiger charge is 2.27. The first-order chi connectivity index (χ1) is 13.4. The first kappa shape index (κ1) is 19.7. The van der Waals surface area contributed by atoms with Crippen LogP contribution < -0.4 is 5.32 Å². The van der Waals surface area contributed by atoms with Crippen molar-refractivity contribution < 1.29 is 28.0 Å². The van der Waals surface area contributed by atoms with Crippen LogP contribution in [0.4, 0.5) is 4.39 Å². The van der Waals surface area contributed by atoms with Crippen LogP contribution in [0.2, 0.25) is 5.02 Å². The number of nitrogens with one attached hydrogen (secondary N) is 1. The van der Waals surface area contributed by atoms with Crippen molar-refractivity contribution in [3.8, 4) is 11.3 Å². The van der Waals surface area contributed by atoms with Crippen molar-refractivity contribution in [3.63, 3.8) is 0 Å². The number of carbonyl (C=O) groups excluding carboxylic acids is 3. The third kappa shape index (κ3) is 4.10. The van der Waals surface area contributed by atoms with E-state index in [1.165, 1.54) is 19.1 Å². The van der Waals surface area contributed by atoms with Gasteiger partial charge in [0.05, 0.1) is 15.5 Å². The van der Waals surface area contributed by atoms with Crippen LogP contribution in [0.15, 0.2) is 40.2 Å². The van der Waals surface area contributed by atoms with E-state index in [0.29, 0.717) is 4.88 Å². The summed E-state index contributed by atoms with van der Waals surface area (Å²) in [4.78, 5) is 36.4. The standard InChI is InChI=1S/C18H12ClFN2O5S/c1-9-14(16(22-27-9)15-10(19)4-2-5-11(15)20)18(25)26-8-13(23)21-17(24)12-6-3-7-28-12/h2-7H,8H2,1H3,(H,21,23,24). The summed E-state index contributed by atoms with van der Waals surface area (Å²) in [5, 5.41) is 7.49. The van der Waals surface area contributed by atoms with E-state index in [4.69, 9.17) is 20.9 Å². The van der Waals surface area contributed by atoms with E-state index >= 15 is 0 Å². The molecule has 0 aliphatic heterocycles. The summed E-state index contributed by atoms with van der Waals surface area (Å²) in [6, 6.07) is 7.20. The van der Waals surface area contributed by atoms with Crippen molar-refractivity contribution in [2.75, 3.05) is 6.61 Å². The number of esters is 1. The van der Waals surface area contributed by atoms with Crippen LogP contribution in [0.25, 0.3) is 11.3 Å². The molecule has 0 saturated heterocycles. The van der Waals surface area contributed by atoms with Crippen LogP contribution >= 0.6 is 22.9 Å². The summed E-state index contributed by atoms with van der Waals surface area (Å²) in [6.07, 6.45) is 0. The van der Waals surface area contributed by atoms with Gasteiger partial charge in [0.25, 0.3) is 11.8 Å². The number of halogens is 2. The van der Waals surface area contributed by atoms with Crippen LogP contribution in [0.1, 0.15) is 25.8 Å². The summed E-state index contributed by atoms with van der Waals surface area (Å²) in [6.45, 7) is 0.716. The van der Waals surface area contributed by atoms with Crippen molar-refractivity contribution in [2.24, 2.45) is 0 Å². The topological polar surface area (TPSA) is 98.5 Å². The van der Waals surface area contributed by atoms with Gasteiger partial charge in [0.1, 0.15) is 22.8 Å². The van der Waals surface area contributed by atoms with E-state index in [1.54, 1.807) is 17.5 Å². The normalized spacial score (nSPS) is 10.5. The molecule has 0 spiro atoms. The zero-order valence-corrected chi connectivity index (χ0v) is 15.9. The second-order valence-corrected chi connectivity index (χ2v) is 6.84. The van der Waals surface area contributed by atoms with Crippen molar-refractivity contribution in [2.45, 2.75) is 6.92 Å². The lowest BCUT2D eigenvalue weighted by Crippen LogP contribution is -2.33. The fourth-order valence-electron chi connectivity index (χ4n) is 2.34. The number of hydrogen-bond donors (Lipinski definition) is 1. The Morgan fingerprint density at radius 3 is 2.75 bits per heavy atom. The van der Waals surface area contributed by atoms with E-state index in [0.717, 1.165) is 17.4 Å². The first-order valence-corrected chi connectivity index (χ1v) is 9.09. The number of aryl methyl sites for hydroxylation is 1. The molecule has 10 heteroatoms. The van der Waals surface area contributed by atoms with Crippen molar-refractivity contribution >= 4 is 40.7 Å². The molecule has 144 valence electrons. The highest BCUT2D eigenvalue weighted by Crippen LogP contribution is 2.33. The monoisotopic (exact) mass is 422 g/mol. The van der Waals surface area contributed by atoms with Gasteiger partial charge in [0, 0.05) is 0 Å². The molecule has 0 radical (unpaired) electrons. The summed E-state index contributed by atoms with van der Waals surface area (Å²) >= 11 is 7.17. The van der Waals surface area contributed by atoms with Gasteiger partial charge in [0.2, 0.25) is 0 Å². The van der Waals surface area contributed by atoms with E-state index in [-0.39, 0.29) is 27.6 Å². The van der Waals surface area contributed by atoms with Crippen LogP contribution in [-0.4, -0.2) is 29.5 Å². The minimum atomic E-state index is -0.966. The Hall–Kier alpha value is -3.04. The molecule has 28 heavy (non-hydrogen) atoms. The molecule has 0 unspecified atom stereocenters. The average molecular weight is 423 g/mol. The molecule has 2 heterocycles. The van der Waals surface area contributed by atoms with Gasteiger partial charge in [-0.2, -0.15) is 0 Å². The molecule has 0 aliphatic carbocycles. The number of carbonyl (C=O) groups is 3. The Bertz CT molecular complexity index is 1030. The summed E-state index contributed by atoms with van der Waals surface area (Å²) in [7, 11) is 0. The quantitative estimate of drug-likeness (QED) is 0.630. The Labute approximate surface area is 167 Å². The zero-order valence-electron chi connectivity index (χ0n) is 14.3. The maximum atomic E-state index is 14.2. The molecule has 0 bridgehead atoms. The molecule has 1 aromatic carbocycles. The van der Waals surface area contributed by atoms with E-state index < -0.39 is 30.2 Å². The number of amides is 2. The van der Waals surface area contributed by atoms with E-state index in [9.17, 15) is 18.8 Å². The number of nitrogens with zero attached hydrogens (tertiary/aromatic N) is 1. The van der Waals surface area contributed by atoms with Gasteiger partial charge in [0.15, 0.2) is 6.61 Å². The van der Waals surface area contributed by atoms with Gasteiger partial charge < -0.3 is 9.26 Å². The number of imide groups is 1. The summed E-state index contributed by atoms with van der Waals surface area (Å²) < 4.78 is 24.1. The third-order valence-electron chi connectivity index (χ3n) is 3.60. The molecule has 3 rings (SSSR count). The van der Waals surface area contributed by atoms with Crippen molar-refractivity contribution in [1.29, 1.82) is 0 Å². The molecule has 2 aromatic heterocycles. The van der Waals surface area contributed by atoms with Gasteiger partial charge in [-0.1, -0.05) is 28.9 Å². The molecule has 0 atom stereocenters. The van der Waals surface area contributed by atoms with Gasteiger partial charge in [-0.3, -0.25) is 14.9 Å². The number of thiophene rings is 1. The predicted octanol–water partition coefficient (Wildman–Crippen LogP) is 3.62. The van der Waals surface area contributed by atoms with Crippen LogP contribution in [0.5, 0.6) is 0 Å². The number of rotatable bonds is 5. The minimum Gasteiger partial charge on any atom is -0.452 e. The van der Waals surface area contributed by atoms with Crippen molar-refractivity contribution in [1.82, 2.24) is 10.5 Å². The Balaban J connectivity index is 1.73. The third-order valence-corrected chi connectivity index (χ3v) is 4.78. The fraction of sp³-hybridized carbons (Fsp3) is 0.111. The highest BCUT2D eigenvalue weighted by molar-refractivity contribution is 7.12. The number of aromatic nitrogens is 1.